The fraction of sp³-hybridized carbons (Fsp3) is 0.133. The van der Waals surface area contributed by atoms with Crippen molar-refractivity contribution in [2.24, 2.45) is 0 Å². The summed E-state index contributed by atoms with van der Waals surface area (Å²) in [7, 11) is -4.24. The fourth-order valence-electron chi connectivity index (χ4n) is 2.20. The van der Waals surface area contributed by atoms with Crippen LogP contribution in [0.25, 0.3) is 0 Å². The Bertz CT molecular complexity index is 942. The Kier molecular flexibility index (Phi) is 4.07. The molecule has 10 heteroatoms. The fourth-order valence-corrected chi connectivity index (χ4v) is 3.30. The minimum Gasteiger partial charge on any atom is -0.482 e. The van der Waals surface area contributed by atoms with Crippen LogP contribution in [0.1, 0.15) is 5.56 Å². The molecule has 1 aliphatic rings. The lowest BCUT2D eigenvalue weighted by Gasteiger charge is -2.19. The van der Waals surface area contributed by atoms with E-state index in [0.717, 1.165) is 18.2 Å². The van der Waals surface area contributed by atoms with Crippen molar-refractivity contribution in [3.8, 4) is 5.75 Å². The van der Waals surface area contributed by atoms with Crippen molar-refractivity contribution < 1.29 is 31.1 Å². The number of halogens is 3. The van der Waals surface area contributed by atoms with Crippen molar-refractivity contribution in [2.45, 2.75) is 11.1 Å². The third kappa shape index (κ3) is 3.68. The lowest BCUT2D eigenvalue weighted by molar-refractivity contribution is -0.137. The largest absolute Gasteiger partial charge is 0.482 e. The van der Waals surface area contributed by atoms with E-state index in [1.54, 1.807) is 0 Å². The molecule has 0 spiro atoms. The molecule has 0 atom stereocenters. The molecule has 0 aliphatic carbocycles. The topological polar surface area (TPSA) is 84.5 Å². The number of amides is 1. The van der Waals surface area contributed by atoms with Gasteiger partial charge in [0, 0.05) is 0 Å². The maximum Gasteiger partial charge on any atom is 0.416 e. The summed E-state index contributed by atoms with van der Waals surface area (Å²) in [5.74, 6) is -0.0352. The number of ether oxygens (including phenoxy) is 1. The van der Waals surface area contributed by atoms with Gasteiger partial charge in [-0.3, -0.25) is 9.52 Å². The quantitative estimate of drug-likeness (QED) is 0.868. The lowest BCUT2D eigenvalue weighted by atomic mass is 10.2. The zero-order chi connectivity index (χ0) is 18.2. The highest BCUT2D eigenvalue weighted by atomic mass is 32.2. The zero-order valence-corrected chi connectivity index (χ0v) is 13.2. The van der Waals surface area contributed by atoms with Crippen LogP contribution < -0.4 is 14.8 Å². The van der Waals surface area contributed by atoms with Gasteiger partial charge in [0.25, 0.3) is 15.9 Å². The van der Waals surface area contributed by atoms with Crippen LogP contribution in [0.15, 0.2) is 47.4 Å². The first kappa shape index (κ1) is 17.1. The number of carbonyl (C=O) groups is 1. The number of hydrogen-bond donors (Lipinski definition) is 2. The highest BCUT2D eigenvalue weighted by molar-refractivity contribution is 7.92. The molecule has 0 bridgehead atoms. The Balaban J connectivity index is 1.90. The van der Waals surface area contributed by atoms with Gasteiger partial charge in [0.2, 0.25) is 0 Å². The summed E-state index contributed by atoms with van der Waals surface area (Å²) in [6.07, 6.45) is -4.65. The lowest BCUT2D eigenvalue weighted by Crippen LogP contribution is -2.25. The van der Waals surface area contributed by atoms with Crippen LogP contribution in [0.4, 0.5) is 24.5 Å². The van der Waals surface area contributed by atoms with E-state index in [1.807, 2.05) is 0 Å². The van der Waals surface area contributed by atoms with Crippen molar-refractivity contribution in [3.05, 3.63) is 48.0 Å². The summed E-state index contributed by atoms with van der Waals surface area (Å²) in [6.45, 7) is -0.150. The molecular weight excluding hydrogens is 361 g/mol. The molecule has 0 unspecified atom stereocenters. The van der Waals surface area contributed by atoms with E-state index in [0.29, 0.717) is 11.8 Å². The van der Waals surface area contributed by atoms with E-state index in [-0.39, 0.29) is 18.0 Å². The first-order valence-electron chi connectivity index (χ1n) is 6.92. The third-order valence-corrected chi connectivity index (χ3v) is 4.72. The zero-order valence-electron chi connectivity index (χ0n) is 12.4. The number of nitrogens with one attached hydrogen (secondary N) is 2. The summed E-state index contributed by atoms with van der Waals surface area (Å²) >= 11 is 0. The third-order valence-electron chi connectivity index (χ3n) is 3.34. The Labute approximate surface area is 140 Å². The predicted octanol–water partition coefficient (Wildman–Crippen LogP) is 2.84. The maximum atomic E-state index is 12.7. The van der Waals surface area contributed by atoms with Crippen molar-refractivity contribution in [2.75, 3.05) is 16.6 Å². The van der Waals surface area contributed by atoms with Gasteiger partial charge in [0.1, 0.15) is 5.75 Å². The number of hydrogen-bond acceptors (Lipinski definition) is 4. The van der Waals surface area contributed by atoms with Gasteiger partial charge in [-0.1, -0.05) is 6.07 Å². The first-order chi connectivity index (χ1) is 11.6. The predicted molar refractivity (Wildman–Crippen MR) is 82.8 cm³/mol. The Morgan fingerprint density at radius 2 is 1.88 bits per heavy atom. The minimum absolute atomic E-state index is 0.0713. The van der Waals surface area contributed by atoms with Gasteiger partial charge in [-0.15, -0.1) is 0 Å². The van der Waals surface area contributed by atoms with Crippen molar-refractivity contribution in [1.29, 1.82) is 0 Å². The molecule has 2 N–H and O–H groups in total. The highest BCUT2D eigenvalue weighted by Gasteiger charge is 2.31. The van der Waals surface area contributed by atoms with Gasteiger partial charge in [0.05, 0.1) is 21.8 Å². The van der Waals surface area contributed by atoms with Crippen molar-refractivity contribution in [3.63, 3.8) is 0 Å². The molecule has 1 aliphatic heterocycles. The second-order valence-corrected chi connectivity index (χ2v) is 6.86. The van der Waals surface area contributed by atoms with Crippen LogP contribution >= 0.6 is 0 Å². The first-order valence-corrected chi connectivity index (χ1v) is 8.40. The van der Waals surface area contributed by atoms with E-state index < -0.39 is 32.6 Å². The summed E-state index contributed by atoms with van der Waals surface area (Å²) in [5.41, 5.74) is -0.732. The van der Waals surface area contributed by atoms with Gasteiger partial charge in [-0.05, 0) is 36.4 Å². The summed E-state index contributed by atoms with van der Waals surface area (Å²) in [6, 6.07) is 7.54. The van der Waals surface area contributed by atoms with Gasteiger partial charge < -0.3 is 10.1 Å². The van der Waals surface area contributed by atoms with Crippen LogP contribution in [-0.2, 0) is 21.0 Å². The normalized spacial score (nSPS) is 14.3. The smallest absolute Gasteiger partial charge is 0.416 e. The molecule has 3 rings (SSSR count). The molecule has 2 aromatic rings. The monoisotopic (exact) mass is 372 g/mol. The number of sulfonamides is 1. The molecule has 132 valence electrons. The van der Waals surface area contributed by atoms with Gasteiger partial charge >= 0.3 is 6.18 Å². The summed E-state index contributed by atoms with van der Waals surface area (Å²) in [4.78, 5) is 10.8. The molecule has 25 heavy (non-hydrogen) atoms. The molecule has 0 fully saturated rings. The molecule has 6 nitrogen and oxygen atoms in total. The molecular formula is C15H11F3N2O4S. The average Bonchev–Trinajstić information content (AvgIpc) is 2.53. The van der Waals surface area contributed by atoms with Gasteiger partial charge in [0.15, 0.2) is 6.61 Å². The number of anilines is 2. The second-order valence-electron chi connectivity index (χ2n) is 5.18. The molecule has 0 aromatic heterocycles. The van der Waals surface area contributed by atoms with Gasteiger partial charge in [-0.2, -0.15) is 13.2 Å². The van der Waals surface area contributed by atoms with Crippen LogP contribution in [0.5, 0.6) is 5.75 Å². The summed E-state index contributed by atoms with van der Waals surface area (Å²) in [5, 5.41) is 2.51. The molecule has 0 saturated carbocycles. The Morgan fingerprint density at radius 1 is 1.12 bits per heavy atom. The van der Waals surface area contributed by atoms with E-state index in [2.05, 4.69) is 10.0 Å². The van der Waals surface area contributed by atoms with Crippen molar-refractivity contribution >= 4 is 27.3 Å². The van der Waals surface area contributed by atoms with Gasteiger partial charge in [-0.25, -0.2) is 8.42 Å². The molecule has 1 heterocycles. The van der Waals surface area contributed by atoms with E-state index >= 15 is 0 Å². The van der Waals surface area contributed by atoms with Crippen LogP contribution in [0.3, 0.4) is 0 Å². The summed E-state index contributed by atoms with van der Waals surface area (Å²) < 4.78 is 70.2. The van der Waals surface area contributed by atoms with E-state index in [9.17, 15) is 26.4 Å². The van der Waals surface area contributed by atoms with Crippen LogP contribution in [0.2, 0.25) is 0 Å². The number of alkyl halides is 3. The second kappa shape index (κ2) is 5.96. The van der Waals surface area contributed by atoms with Crippen LogP contribution in [-0.4, -0.2) is 20.9 Å². The molecule has 1 amide bonds. The Hall–Kier alpha value is -2.75. The maximum absolute atomic E-state index is 12.7. The van der Waals surface area contributed by atoms with Crippen molar-refractivity contribution in [1.82, 2.24) is 0 Å². The number of rotatable bonds is 3. The Morgan fingerprint density at radius 3 is 2.60 bits per heavy atom. The number of benzene rings is 2. The number of carbonyl (C=O) groups excluding carboxylic acids is 1. The SMILES string of the molecule is O=C1COc2ccc(NS(=O)(=O)c3cccc(C(F)(F)F)c3)cc2N1. The molecule has 0 radical (unpaired) electrons. The van der Waals surface area contributed by atoms with E-state index in [1.165, 1.54) is 18.2 Å². The van der Waals surface area contributed by atoms with Crippen LogP contribution in [0, 0.1) is 0 Å². The highest BCUT2D eigenvalue weighted by Crippen LogP contribution is 2.33. The minimum atomic E-state index is -4.65. The molecule has 0 saturated heterocycles. The molecule has 2 aromatic carbocycles. The van der Waals surface area contributed by atoms with E-state index in [4.69, 9.17) is 4.74 Å². The average molecular weight is 372 g/mol. The standard InChI is InChI=1S/C15H11F3N2O4S/c16-15(17,18)9-2-1-3-11(6-9)25(22,23)20-10-4-5-13-12(7-10)19-14(21)8-24-13/h1-7,20H,8H2,(H,19,21). The number of fused-ring (bicyclic) bond motifs is 1.